The van der Waals surface area contributed by atoms with Crippen LogP contribution in [-0.4, -0.2) is 17.1 Å². The minimum Gasteiger partial charge on any atom is -0.481 e. The Kier molecular flexibility index (Phi) is 13.1. The van der Waals surface area contributed by atoms with Crippen LogP contribution in [0.2, 0.25) is 0 Å². The number of rotatable bonds is 3. The first-order chi connectivity index (χ1) is 12.1. The van der Waals surface area contributed by atoms with Gasteiger partial charge in [-0.2, -0.15) is 0 Å². The molecule has 25 heavy (non-hydrogen) atoms. The number of hydrogen-bond acceptors (Lipinski definition) is 2. The van der Waals surface area contributed by atoms with Crippen molar-refractivity contribution in [3.63, 3.8) is 0 Å². The molecule has 0 radical (unpaired) electrons. The van der Waals surface area contributed by atoms with Crippen LogP contribution in [0.15, 0.2) is 0 Å². The summed E-state index contributed by atoms with van der Waals surface area (Å²) in [4.78, 5) is 11.3. The van der Waals surface area contributed by atoms with E-state index in [1.807, 2.05) is 0 Å². The maximum Gasteiger partial charge on any atom is 0.307 e. The van der Waals surface area contributed by atoms with E-state index in [0.717, 1.165) is 12.8 Å². The topological polar surface area (TPSA) is 63.3 Å². The zero-order valence-corrected chi connectivity index (χ0v) is 16.7. The number of aliphatic carboxylic acids is 1. The summed E-state index contributed by atoms with van der Waals surface area (Å²) in [5.74, 6) is -0.792. The van der Waals surface area contributed by atoms with E-state index < -0.39 is 11.9 Å². The molecule has 1 aliphatic carbocycles. The van der Waals surface area contributed by atoms with Crippen molar-refractivity contribution in [1.82, 2.24) is 0 Å². The van der Waals surface area contributed by atoms with Crippen molar-refractivity contribution in [2.75, 3.05) is 0 Å². The van der Waals surface area contributed by atoms with Gasteiger partial charge in [0.25, 0.3) is 0 Å². The lowest BCUT2D eigenvalue weighted by Gasteiger charge is -2.27. The van der Waals surface area contributed by atoms with E-state index in [2.05, 4.69) is 0 Å². The van der Waals surface area contributed by atoms with Crippen LogP contribution in [0, 0.1) is 11.8 Å². The van der Waals surface area contributed by atoms with Gasteiger partial charge in [-0.1, -0.05) is 103 Å². The van der Waals surface area contributed by atoms with Crippen LogP contribution in [-0.2, 0) is 4.79 Å². The van der Waals surface area contributed by atoms with Crippen molar-refractivity contribution < 1.29 is 9.90 Å². The summed E-state index contributed by atoms with van der Waals surface area (Å²) in [5.41, 5.74) is 6.33. The first kappa shape index (κ1) is 22.5. The maximum atomic E-state index is 11.3. The third-order valence-electron chi connectivity index (χ3n) is 6.16. The quantitative estimate of drug-likeness (QED) is 0.626. The molecule has 2 atom stereocenters. The molecule has 0 aromatic rings. The molecule has 0 aliphatic heterocycles. The standard InChI is InChI=1S/C22H43NO2/c1-19(22(24)25)21(23)20-17-15-13-11-9-7-5-3-2-4-6-8-10-12-14-16-18-20/h19-21H,2-18,23H2,1H3,(H,24,25)/t19-,21+/m1/s1. The van der Waals surface area contributed by atoms with Gasteiger partial charge in [0.05, 0.1) is 5.92 Å². The van der Waals surface area contributed by atoms with Gasteiger partial charge in [0.1, 0.15) is 0 Å². The minimum atomic E-state index is -0.744. The van der Waals surface area contributed by atoms with Crippen LogP contribution in [0.1, 0.15) is 116 Å². The molecule has 1 saturated carbocycles. The molecule has 3 N–H and O–H groups in total. The molecule has 1 aliphatic rings. The van der Waals surface area contributed by atoms with E-state index >= 15 is 0 Å². The molecule has 0 bridgehead atoms. The lowest BCUT2D eigenvalue weighted by Crippen LogP contribution is -2.40. The van der Waals surface area contributed by atoms with E-state index in [1.165, 1.54) is 96.3 Å². The van der Waals surface area contributed by atoms with E-state index in [0.29, 0.717) is 5.92 Å². The summed E-state index contributed by atoms with van der Waals surface area (Å²) < 4.78 is 0. The Bertz CT molecular complexity index is 314. The Morgan fingerprint density at radius 3 is 1.28 bits per heavy atom. The van der Waals surface area contributed by atoms with Crippen LogP contribution in [0.4, 0.5) is 0 Å². The summed E-state index contributed by atoms with van der Waals surface area (Å²) in [7, 11) is 0. The van der Waals surface area contributed by atoms with Gasteiger partial charge in [0, 0.05) is 6.04 Å². The second-order valence-corrected chi connectivity index (χ2v) is 8.34. The molecule has 0 aromatic carbocycles. The molecule has 3 nitrogen and oxygen atoms in total. The first-order valence-corrected chi connectivity index (χ1v) is 11.1. The molecule has 1 fully saturated rings. The largest absolute Gasteiger partial charge is 0.481 e. The number of carbonyl (C=O) groups is 1. The molecular formula is C22H43NO2. The fourth-order valence-corrected chi connectivity index (χ4v) is 4.21. The summed E-state index contributed by atoms with van der Waals surface area (Å²) >= 11 is 0. The average Bonchev–Trinajstić information content (AvgIpc) is 2.60. The Balaban J connectivity index is 2.43. The van der Waals surface area contributed by atoms with Crippen LogP contribution in [0.3, 0.4) is 0 Å². The number of carboxylic acids is 1. The zero-order valence-electron chi connectivity index (χ0n) is 16.7. The highest BCUT2D eigenvalue weighted by Crippen LogP contribution is 2.25. The number of nitrogens with two attached hydrogens (primary N) is 1. The van der Waals surface area contributed by atoms with Crippen LogP contribution < -0.4 is 5.73 Å². The van der Waals surface area contributed by atoms with E-state index in [1.54, 1.807) is 6.92 Å². The molecule has 0 amide bonds. The Morgan fingerprint density at radius 2 is 1.00 bits per heavy atom. The van der Waals surface area contributed by atoms with Gasteiger partial charge >= 0.3 is 5.97 Å². The number of carboxylic acid groups (broad SMARTS) is 1. The first-order valence-electron chi connectivity index (χ1n) is 11.1. The fraction of sp³-hybridized carbons (Fsp3) is 0.955. The highest BCUT2D eigenvalue weighted by molar-refractivity contribution is 5.70. The summed E-state index contributed by atoms with van der Waals surface area (Å²) in [6.45, 7) is 1.78. The second kappa shape index (κ2) is 14.6. The van der Waals surface area contributed by atoms with E-state index in [9.17, 15) is 9.90 Å². The van der Waals surface area contributed by atoms with Crippen molar-refractivity contribution >= 4 is 5.97 Å². The second-order valence-electron chi connectivity index (χ2n) is 8.34. The van der Waals surface area contributed by atoms with Crippen molar-refractivity contribution in [3.05, 3.63) is 0 Å². The Hall–Kier alpha value is -0.570. The van der Waals surface area contributed by atoms with E-state index in [-0.39, 0.29) is 6.04 Å². The zero-order chi connectivity index (χ0) is 18.3. The van der Waals surface area contributed by atoms with Gasteiger partial charge in [0.2, 0.25) is 0 Å². The summed E-state index contributed by atoms with van der Waals surface area (Å²) in [6, 6.07) is -0.192. The molecule has 3 heteroatoms. The van der Waals surface area contributed by atoms with Gasteiger partial charge in [-0.3, -0.25) is 4.79 Å². The minimum absolute atomic E-state index is 0.192. The summed E-state index contributed by atoms with van der Waals surface area (Å²) in [6.07, 6.45) is 22.5. The van der Waals surface area contributed by atoms with Gasteiger partial charge in [0.15, 0.2) is 0 Å². The highest BCUT2D eigenvalue weighted by Gasteiger charge is 2.27. The normalized spacial score (nSPS) is 23.9. The smallest absolute Gasteiger partial charge is 0.307 e. The summed E-state index contributed by atoms with van der Waals surface area (Å²) in [5, 5.41) is 9.29. The van der Waals surface area contributed by atoms with Crippen molar-refractivity contribution in [2.24, 2.45) is 17.6 Å². The van der Waals surface area contributed by atoms with Crippen molar-refractivity contribution in [3.8, 4) is 0 Å². The van der Waals surface area contributed by atoms with Crippen molar-refractivity contribution in [2.45, 2.75) is 122 Å². The van der Waals surface area contributed by atoms with Gasteiger partial charge < -0.3 is 10.8 Å². The predicted octanol–water partition coefficient (Wildman–Crippen LogP) is 6.30. The van der Waals surface area contributed by atoms with Crippen LogP contribution in [0.25, 0.3) is 0 Å². The molecule has 0 heterocycles. The van der Waals surface area contributed by atoms with Gasteiger partial charge in [-0.25, -0.2) is 0 Å². The van der Waals surface area contributed by atoms with E-state index in [4.69, 9.17) is 5.73 Å². The number of hydrogen-bond donors (Lipinski definition) is 2. The Morgan fingerprint density at radius 1 is 0.720 bits per heavy atom. The Labute approximate surface area is 156 Å². The third-order valence-corrected chi connectivity index (χ3v) is 6.16. The molecule has 0 unspecified atom stereocenters. The van der Waals surface area contributed by atoms with Crippen LogP contribution >= 0.6 is 0 Å². The highest BCUT2D eigenvalue weighted by atomic mass is 16.4. The lowest BCUT2D eigenvalue weighted by molar-refractivity contribution is -0.142. The lowest BCUT2D eigenvalue weighted by atomic mass is 9.82. The maximum absolute atomic E-state index is 11.3. The van der Waals surface area contributed by atoms with Crippen molar-refractivity contribution in [1.29, 1.82) is 0 Å². The average molecular weight is 354 g/mol. The van der Waals surface area contributed by atoms with Crippen LogP contribution in [0.5, 0.6) is 0 Å². The SMILES string of the molecule is C[C@@H](C(=O)O)[C@H](N)C1CCCCCCCCCCCCCCCCC1. The molecule has 1 rings (SSSR count). The third kappa shape index (κ3) is 10.9. The monoisotopic (exact) mass is 353 g/mol. The van der Waals surface area contributed by atoms with Gasteiger partial charge in [-0.15, -0.1) is 0 Å². The molecule has 0 saturated heterocycles. The molecular weight excluding hydrogens is 310 g/mol. The molecule has 0 spiro atoms. The fourth-order valence-electron chi connectivity index (χ4n) is 4.21. The predicted molar refractivity (Wildman–Crippen MR) is 107 cm³/mol. The van der Waals surface area contributed by atoms with Gasteiger partial charge in [-0.05, 0) is 18.8 Å². The molecule has 0 aromatic heterocycles. The molecule has 148 valence electrons.